The van der Waals surface area contributed by atoms with Crippen LogP contribution >= 0.6 is 0 Å². The van der Waals surface area contributed by atoms with Crippen molar-refractivity contribution in [1.82, 2.24) is 4.98 Å². The number of hydrogen-bond donors (Lipinski definition) is 2. The second-order valence-corrected chi connectivity index (χ2v) is 5.10. The molecule has 2 rings (SSSR count). The van der Waals surface area contributed by atoms with Crippen molar-refractivity contribution in [3.05, 3.63) is 41.6 Å². The third-order valence-corrected chi connectivity index (χ3v) is 3.71. The van der Waals surface area contributed by atoms with E-state index < -0.39 is 0 Å². The molecule has 102 valence electrons. The normalized spacial score (nSPS) is 14.5. The molecule has 1 aromatic heterocycles. The molecule has 2 aromatic rings. The number of nitrogens with zero attached hydrogens (tertiary/aromatic N) is 1. The molecule has 19 heavy (non-hydrogen) atoms. The number of pyridine rings is 1. The van der Waals surface area contributed by atoms with Crippen LogP contribution < -0.4 is 5.73 Å². The molecule has 3 N–H and O–H groups in total. The molecule has 0 saturated carbocycles. The van der Waals surface area contributed by atoms with E-state index in [-0.39, 0.29) is 18.6 Å². The monoisotopic (exact) mass is 258 g/mol. The van der Waals surface area contributed by atoms with Crippen LogP contribution in [0, 0.1) is 6.92 Å². The van der Waals surface area contributed by atoms with Gasteiger partial charge in [0.25, 0.3) is 0 Å². The predicted octanol–water partition coefficient (Wildman–Crippen LogP) is 2.75. The van der Waals surface area contributed by atoms with Gasteiger partial charge in [0.15, 0.2) is 0 Å². The van der Waals surface area contributed by atoms with Crippen LogP contribution in [0.3, 0.4) is 0 Å². The largest absolute Gasteiger partial charge is 0.396 e. The standard InChI is InChI=1S/C16H22N2O/c1-3-15(17)14(8-9-19)12-6-7-16-13(10-12)5-4-11(2)18-16/h4-7,10,14-15,19H,3,8-9,17H2,1-2H3. The summed E-state index contributed by atoms with van der Waals surface area (Å²) < 4.78 is 0. The summed E-state index contributed by atoms with van der Waals surface area (Å²) in [5.41, 5.74) is 9.41. The summed E-state index contributed by atoms with van der Waals surface area (Å²) in [7, 11) is 0. The van der Waals surface area contributed by atoms with Gasteiger partial charge in [0, 0.05) is 29.6 Å². The molecule has 2 unspecified atom stereocenters. The number of aliphatic hydroxyl groups excluding tert-OH is 1. The Morgan fingerprint density at radius 2 is 2.05 bits per heavy atom. The third kappa shape index (κ3) is 3.11. The fourth-order valence-corrected chi connectivity index (χ4v) is 2.53. The zero-order valence-corrected chi connectivity index (χ0v) is 11.6. The number of rotatable bonds is 5. The number of aryl methyl sites for hydroxylation is 1. The van der Waals surface area contributed by atoms with Gasteiger partial charge in [0.2, 0.25) is 0 Å². The summed E-state index contributed by atoms with van der Waals surface area (Å²) in [6.07, 6.45) is 1.62. The van der Waals surface area contributed by atoms with Crippen molar-refractivity contribution in [3.63, 3.8) is 0 Å². The summed E-state index contributed by atoms with van der Waals surface area (Å²) in [6, 6.07) is 10.5. The topological polar surface area (TPSA) is 59.1 Å². The molecule has 0 aliphatic carbocycles. The number of hydrogen-bond acceptors (Lipinski definition) is 3. The number of aliphatic hydroxyl groups is 1. The van der Waals surface area contributed by atoms with Crippen molar-refractivity contribution in [2.75, 3.05) is 6.61 Å². The Morgan fingerprint density at radius 1 is 1.26 bits per heavy atom. The number of benzene rings is 1. The van der Waals surface area contributed by atoms with Crippen molar-refractivity contribution in [2.24, 2.45) is 5.73 Å². The maximum absolute atomic E-state index is 9.22. The molecular formula is C16H22N2O. The molecule has 0 bridgehead atoms. The average Bonchev–Trinajstić information content (AvgIpc) is 2.43. The minimum absolute atomic E-state index is 0.0861. The Kier molecular flexibility index (Phi) is 4.51. The Labute approximate surface area is 114 Å². The molecule has 0 spiro atoms. The summed E-state index contributed by atoms with van der Waals surface area (Å²) >= 11 is 0. The first kappa shape index (κ1) is 14.0. The molecule has 1 heterocycles. The highest BCUT2D eigenvalue weighted by molar-refractivity contribution is 5.79. The predicted molar refractivity (Wildman–Crippen MR) is 79.2 cm³/mol. The first-order valence-corrected chi connectivity index (χ1v) is 6.89. The van der Waals surface area contributed by atoms with E-state index >= 15 is 0 Å². The lowest BCUT2D eigenvalue weighted by Crippen LogP contribution is -2.28. The van der Waals surface area contributed by atoms with Gasteiger partial charge in [-0.15, -0.1) is 0 Å². The quantitative estimate of drug-likeness (QED) is 0.867. The molecule has 0 fully saturated rings. The molecule has 0 saturated heterocycles. The first-order valence-electron chi connectivity index (χ1n) is 6.89. The van der Waals surface area contributed by atoms with E-state index in [0.29, 0.717) is 6.42 Å². The van der Waals surface area contributed by atoms with Crippen molar-refractivity contribution < 1.29 is 5.11 Å². The van der Waals surface area contributed by atoms with E-state index in [4.69, 9.17) is 5.73 Å². The van der Waals surface area contributed by atoms with E-state index in [9.17, 15) is 5.11 Å². The van der Waals surface area contributed by atoms with Crippen molar-refractivity contribution >= 4 is 10.9 Å². The van der Waals surface area contributed by atoms with E-state index in [1.807, 2.05) is 19.1 Å². The summed E-state index contributed by atoms with van der Waals surface area (Å²) in [5.74, 6) is 0.209. The van der Waals surface area contributed by atoms with Crippen LogP contribution in [0.4, 0.5) is 0 Å². The van der Waals surface area contributed by atoms with Crippen LogP contribution in [0.1, 0.15) is 36.9 Å². The fourth-order valence-electron chi connectivity index (χ4n) is 2.53. The molecular weight excluding hydrogens is 236 g/mol. The molecule has 0 radical (unpaired) electrons. The first-order chi connectivity index (χ1) is 9.15. The van der Waals surface area contributed by atoms with Crippen LogP contribution in [-0.4, -0.2) is 22.7 Å². The van der Waals surface area contributed by atoms with Gasteiger partial charge in [-0.2, -0.15) is 0 Å². The fraction of sp³-hybridized carbons (Fsp3) is 0.438. The Hall–Kier alpha value is -1.45. The van der Waals surface area contributed by atoms with Gasteiger partial charge >= 0.3 is 0 Å². The molecule has 1 aromatic carbocycles. The van der Waals surface area contributed by atoms with Crippen LogP contribution in [0.25, 0.3) is 10.9 Å². The lowest BCUT2D eigenvalue weighted by Gasteiger charge is -2.23. The highest BCUT2D eigenvalue weighted by Crippen LogP contribution is 2.26. The number of fused-ring (bicyclic) bond motifs is 1. The molecule has 0 aliphatic rings. The van der Waals surface area contributed by atoms with Gasteiger partial charge in [0.05, 0.1) is 5.52 Å². The van der Waals surface area contributed by atoms with Crippen LogP contribution in [-0.2, 0) is 0 Å². The average molecular weight is 258 g/mol. The zero-order chi connectivity index (χ0) is 13.8. The number of aromatic nitrogens is 1. The molecule has 3 nitrogen and oxygen atoms in total. The minimum Gasteiger partial charge on any atom is -0.396 e. The van der Waals surface area contributed by atoms with Gasteiger partial charge in [-0.25, -0.2) is 0 Å². The molecule has 0 amide bonds. The van der Waals surface area contributed by atoms with Gasteiger partial charge in [-0.1, -0.05) is 19.1 Å². The van der Waals surface area contributed by atoms with Gasteiger partial charge in [-0.3, -0.25) is 4.98 Å². The van der Waals surface area contributed by atoms with E-state index in [1.165, 1.54) is 5.56 Å². The molecule has 2 atom stereocenters. The van der Waals surface area contributed by atoms with Crippen LogP contribution in [0.15, 0.2) is 30.3 Å². The maximum Gasteiger partial charge on any atom is 0.0705 e. The van der Waals surface area contributed by atoms with E-state index in [2.05, 4.69) is 30.1 Å². The van der Waals surface area contributed by atoms with Crippen molar-refractivity contribution in [2.45, 2.75) is 38.6 Å². The van der Waals surface area contributed by atoms with Gasteiger partial charge in [-0.05, 0) is 43.5 Å². The second kappa shape index (κ2) is 6.13. The molecule has 0 aliphatic heterocycles. The smallest absolute Gasteiger partial charge is 0.0705 e. The Balaban J connectivity index is 2.40. The summed E-state index contributed by atoms with van der Waals surface area (Å²) in [6.45, 7) is 4.25. The van der Waals surface area contributed by atoms with Crippen molar-refractivity contribution in [1.29, 1.82) is 0 Å². The summed E-state index contributed by atoms with van der Waals surface area (Å²) in [5, 5.41) is 10.4. The van der Waals surface area contributed by atoms with Crippen LogP contribution in [0.2, 0.25) is 0 Å². The van der Waals surface area contributed by atoms with Crippen LogP contribution in [0.5, 0.6) is 0 Å². The lowest BCUT2D eigenvalue weighted by molar-refractivity contribution is 0.266. The third-order valence-electron chi connectivity index (χ3n) is 3.71. The Morgan fingerprint density at radius 3 is 2.74 bits per heavy atom. The van der Waals surface area contributed by atoms with E-state index in [1.54, 1.807) is 0 Å². The SMILES string of the molecule is CCC(N)C(CCO)c1ccc2nc(C)ccc2c1. The summed E-state index contributed by atoms with van der Waals surface area (Å²) in [4.78, 5) is 4.51. The van der Waals surface area contributed by atoms with Gasteiger partial charge < -0.3 is 10.8 Å². The second-order valence-electron chi connectivity index (χ2n) is 5.10. The van der Waals surface area contributed by atoms with E-state index in [0.717, 1.165) is 23.0 Å². The Bertz CT molecular complexity index is 553. The number of nitrogens with two attached hydrogens (primary N) is 1. The maximum atomic E-state index is 9.22. The highest BCUT2D eigenvalue weighted by atomic mass is 16.3. The zero-order valence-electron chi connectivity index (χ0n) is 11.6. The van der Waals surface area contributed by atoms with Crippen molar-refractivity contribution in [3.8, 4) is 0 Å². The minimum atomic E-state index is 0.0861. The van der Waals surface area contributed by atoms with Gasteiger partial charge in [0.1, 0.15) is 0 Å². The molecule has 3 heteroatoms. The highest BCUT2D eigenvalue weighted by Gasteiger charge is 2.18. The lowest BCUT2D eigenvalue weighted by atomic mass is 9.87.